The lowest BCUT2D eigenvalue weighted by molar-refractivity contribution is -0.120. The minimum Gasteiger partial charge on any atom is -0.325 e. The van der Waals surface area contributed by atoms with Crippen LogP contribution in [0.15, 0.2) is 24.3 Å². The lowest BCUT2D eigenvalue weighted by Crippen LogP contribution is -2.25. The van der Waals surface area contributed by atoms with E-state index in [-0.39, 0.29) is 23.5 Å². The quantitative estimate of drug-likeness (QED) is 0.812. The van der Waals surface area contributed by atoms with Crippen molar-refractivity contribution in [1.29, 1.82) is 0 Å². The van der Waals surface area contributed by atoms with Crippen LogP contribution in [0, 0.1) is 11.8 Å². The Morgan fingerprint density at radius 3 is 2.24 bits per heavy atom. The molecule has 3 heteroatoms. The van der Waals surface area contributed by atoms with Crippen molar-refractivity contribution in [2.75, 3.05) is 5.32 Å². The molecule has 0 saturated carbocycles. The molecule has 3 nitrogen and oxygen atoms in total. The number of nitrogens with one attached hydrogen (secondary N) is 1. The summed E-state index contributed by atoms with van der Waals surface area (Å²) >= 11 is 0. The van der Waals surface area contributed by atoms with E-state index < -0.39 is 0 Å². The second-order valence-corrected chi connectivity index (χ2v) is 4.62. The van der Waals surface area contributed by atoms with Gasteiger partial charge in [-0.3, -0.25) is 9.59 Å². The van der Waals surface area contributed by atoms with Crippen LogP contribution in [0.3, 0.4) is 0 Å². The van der Waals surface area contributed by atoms with Gasteiger partial charge in [0.1, 0.15) is 0 Å². The molecule has 0 heterocycles. The molecule has 0 fully saturated rings. The van der Waals surface area contributed by atoms with Crippen LogP contribution in [0.1, 0.15) is 38.1 Å². The normalized spacial score (nSPS) is 12.3. The number of hydrogen-bond donors (Lipinski definition) is 1. The number of rotatable bonds is 4. The highest BCUT2D eigenvalue weighted by Gasteiger charge is 2.18. The molecule has 1 amide bonds. The van der Waals surface area contributed by atoms with Gasteiger partial charge in [-0.05, 0) is 25.0 Å². The molecule has 0 saturated heterocycles. The molecule has 1 N–H and O–H groups in total. The summed E-state index contributed by atoms with van der Waals surface area (Å²) < 4.78 is 0. The largest absolute Gasteiger partial charge is 0.325 e. The van der Waals surface area contributed by atoms with Gasteiger partial charge in [-0.1, -0.05) is 32.9 Å². The van der Waals surface area contributed by atoms with Crippen LogP contribution in [-0.4, -0.2) is 11.7 Å². The Kier molecular flexibility index (Phi) is 4.44. The van der Waals surface area contributed by atoms with Gasteiger partial charge in [0, 0.05) is 11.5 Å². The maximum atomic E-state index is 11.9. The first-order valence-electron chi connectivity index (χ1n) is 5.84. The van der Waals surface area contributed by atoms with Gasteiger partial charge in [-0.2, -0.15) is 0 Å². The maximum absolute atomic E-state index is 11.9. The summed E-state index contributed by atoms with van der Waals surface area (Å²) in [6.45, 7) is 7.38. The van der Waals surface area contributed by atoms with Crippen molar-refractivity contribution in [3.8, 4) is 0 Å². The van der Waals surface area contributed by atoms with Gasteiger partial charge < -0.3 is 5.32 Å². The minimum atomic E-state index is -0.0741. The lowest BCUT2D eigenvalue weighted by Gasteiger charge is -2.16. The molecular formula is C14H19NO2. The Balaban J connectivity index is 2.89. The second-order valence-electron chi connectivity index (χ2n) is 4.62. The van der Waals surface area contributed by atoms with Gasteiger partial charge in [0.25, 0.3) is 0 Å². The van der Waals surface area contributed by atoms with Crippen LogP contribution in [-0.2, 0) is 4.79 Å². The first-order valence-corrected chi connectivity index (χ1v) is 5.84. The Morgan fingerprint density at radius 2 is 1.71 bits per heavy atom. The van der Waals surface area contributed by atoms with E-state index in [2.05, 4.69) is 5.32 Å². The van der Waals surface area contributed by atoms with Crippen LogP contribution in [0.25, 0.3) is 0 Å². The van der Waals surface area contributed by atoms with Gasteiger partial charge in [-0.15, -0.1) is 0 Å². The number of amides is 1. The molecule has 0 aliphatic heterocycles. The molecule has 1 unspecified atom stereocenters. The van der Waals surface area contributed by atoms with E-state index in [9.17, 15) is 9.59 Å². The third-order valence-corrected chi connectivity index (χ3v) is 2.98. The van der Waals surface area contributed by atoms with Crippen LogP contribution >= 0.6 is 0 Å². The number of carbonyl (C=O) groups is 2. The van der Waals surface area contributed by atoms with Crippen LogP contribution in [0.2, 0.25) is 0 Å². The SMILES string of the molecule is CC(=O)c1ccccc1NC(=O)C(C)C(C)C. The van der Waals surface area contributed by atoms with Gasteiger partial charge in [0.2, 0.25) is 5.91 Å². The van der Waals surface area contributed by atoms with Crippen molar-refractivity contribution in [2.24, 2.45) is 11.8 Å². The number of Topliss-reactive ketones (excluding diaryl/α,β-unsaturated/α-hetero) is 1. The van der Waals surface area contributed by atoms with Crippen LogP contribution < -0.4 is 5.32 Å². The first kappa shape index (κ1) is 13.4. The number of benzene rings is 1. The molecule has 0 aromatic heterocycles. The molecule has 0 radical (unpaired) electrons. The topological polar surface area (TPSA) is 46.2 Å². The van der Waals surface area contributed by atoms with E-state index in [0.717, 1.165) is 0 Å². The molecule has 1 aromatic rings. The molecule has 1 aromatic carbocycles. The first-order chi connectivity index (χ1) is 7.93. The summed E-state index contributed by atoms with van der Waals surface area (Å²) in [6, 6.07) is 7.07. The third kappa shape index (κ3) is 3.41. The highest BCUT2D eigenvalue weighted by atomic mass is 16.2. The molecule has 1 rings (SSSR count). The standard InChI is InChI=1S/C14H19NO2/c1-9(2)10(3)14(17)15-13-8-6-5-7-12(13)11(4)16/h5-10H,1-4H3,(H,15,17). The van der Waals surface area contributed by atoms with Crippen molar-refractivity contribution < 1.29 is 9.59 Å². The number of hydrogen-bond acceptors (Lipinski definition) is 2. The van der Waals surface area contributed by atoms with E-state index in [0.29, 0.717) is 11.3 Å². The molecule has 0 spiro atoms. The zero-order valence-electron chi connectivity index (χ0n) is 10.8. The Bertz CT molecular complexity index is 424. The van der Waals surface area contributed by atoms with Crippen LogP contribution in [0.4, 0.5) is 5.69 Å². The fourth-order valence-corrected chi connectivity index (χ4v) is 1.45. The fourth-order valence-electron chi connectivity index (χ4n) is 1.45. The van der Waals surface area contributed by atoms with E-state index in [1.807, 2.05) is 26.8 Å². The summed E-state index contributed by atoms with van der Waals surface area (Å²) in [5.41, 5.74) is 1.15. The molecular weight excluding hydrogens is 214 g/mol. The Morgan fingerprint density at radius 1 is 1.12 bits per heavy atom. The van der Waals surface area contributed by atoms with Crippen molar-refractivity contribution in [3.05, 3.63) is 29.8 Å². The van der Waals surface area contributed by atoms with Crippen molar-refractivity contribution >= 4 is 17.4 Å². The zero-order valence-corrected chi connectivity index (χ0v) is 10.8. The summed E-state index contributed by atoms with van der Waals surface area (Å²) in [6.07, 6.45) is 0. The minimum absolute atomic E-state index is 0.0434. The van der Waals surface area contributed by atoms with E-state index in [1.54, 1.807) is 18.2 Å². The van der Waals surface area contributed by atoms with E-state index in [1.165, 1.54) is 6.92 Å². The predicted molar refractivity (Wildman–Crippen MR) is 69.1 cm³/mol. The average molecular weight is 233 g/mol. The molecule has 1 atom stereocenters. The van der Waals surface area contributed by atoms with Gasteiger partial charge in [0.15, 0.2) is 5.78 Å². The van der Waals surface area contributed by atoms with Crippen LogP contribution in [0.5, 0.6) is 0 Å². The van der Waals surface area contributed by atoms with Gasteiger partial charge in [-0.25, -0.2) is 0 Å². The monoisotopic (exact) mass is 233 g/mol. The summed E-state index contributed by atoms with van der Waals surface area (Å²) in [5, 5.41) is 2.81. The van der Waals surface area contributed by atoms with Crippen molar-refractivity contribution in [2.45, 2.75) is 27.7 Å². The molecule has 17 heavy (non-hydrogen) atoms. The molecule has 0 bridgehead atoms. The highest BCUT2D eigenvalue weighted by molar-refractivity contribution is 6.04. The summed E-state index contributed by atoms with van der Waals surface area (Å²) in [4.78, 5) is 23.3. The number of para-hydroxylation sites is 1. The van der Waals surface area contributed by atoms with Crippen molar-refractivity contribution in [3.63, 3.8) is 0 Å². The zero-order chi connectivity index (χ0) is 13.0. The lowest BCUT2D eigenvalue weighted by atomic mass is 9.97. The fraction of sp³-hybridized carbons (Fsp3) is 0.429. The number of carbonyl (C=O) groups excluding carboxylic acids is 2. The Hall–Kier alpha value is -1.64. The van der Waals surface area contributed by atoms with Gasteiger partial charge >= 0.3 is 0 Å². The number of ketones is 1. The average Bonchev–Trinajstić information content (AvgIpc) is 2.28. The summed E-state index contributed by atoms with van der Waals surface area (Å²) in [5.74, 6) is 0.112. The molecule has 92 valence electrons. The second kappa shape index (κ2) is 5.62. The van der Waals surface area contributed by atoms with Crippen molar-refractivity contribution in [1.82, 2.24) is 0 Å². The molecule has 0 aliphatic carbocycles. The van der Waals surface area contributed by atoms with Gasteiger partial charge in [0.05, 0.1) is 5.69 Å². The maximum Gasteiger partial charge on any atom is 0.227 e. The molecule has 0 aliphatic rings. The van der Waals surface area contributed by atoms with E-state index >= 15 is 0 Å². The summed E-state index contributed by atoms with van der Waals surface area (Å²) in [7, 11) is 0. The third-order valence-electron chi connectivity index (χ3n) is 2.98. The highest BCUT2D eigenvalue weighted by Crippen LogP contribution is 2.18. The predicted octanol–water partition coefficient (Wildman–Crippen LogP) is 3.12. The van der Waals surface area contributed by atoms with E-state index in [4.69, 9.17) is 0 Å². The smallest absolute Gasteiger partial charge is 0.227 e. The number of anilines is 1. The Labute approximate surface area is 102 Å².